The van der Waals surface area contributed by atoms with Gasteiger partial charge in [-0.25, -0.2) is 0 Å². The molecule has 0 fully saturated rings. The zero-order valence-electron chi connectivity index (χ0n) is 14.8. The lowest BCUT2D eigenvalue weighted by Crippen LogP contribution is -2.32. The first-order valence-corrected chi connectivity index (χ1v) is 10.0. The minimum absolute atomic E-state index is 0.661. The summed E-state index contributed by atoms with van der Waals surface area (Å²) in [6.45, 7) is 5.86. The quantitative estimate of drug-likeness (QED) is 0.486. The van der Waals surface area contributed by atoms with Crippen LogP contribution in [0.2, 0.25) is 0 Å². The van der Waals surface area contributed by atoms with Gasteiger partial charge in [-0.1, -0.05) is 60.7 Å². The molecule has 0 aliphatic carbocycles. The van der Waals surface area contributed by atoms with E-state index in [2.05, 4.69) is 70.5 Å². The molecule has 0 aliphatic heterocycles. The van der Waals surface area contributed by atoms with Gasteiger partial charge in [-0.05, 0) is 24.1 Å². The Morgan fingerprint density at radius 2 is 1.00 bits per heavy atom. The molecule has 2 aromatic carbocycles. The SMILES string of the molecule is ClCCN(CCCl)CCCN(Cc1ccccc1)Cc1ccccc1. The van der Waals surface area contributed by atoms with Crippen molar-refractivity contribution in [2.75, 3.05) is 37.9 Å². The van der Waals surface area contributed by atoms with E-state index < -0.39 is 0 Å². The van der Waals surface area contributed by atoms with Crippen LogP contribution < -0.4 is 0 Å². The van der Waals surface area contributed by atoms with Gasteiger partial charge in [0.05, 0.1) is 0 Å². The van der Waals surface area contributed by atoms with Gasteiger partial charge in [0, 0.05) is 44.5 Å². The van der Waals surface area contributed by atoms with Crippen molar-refractivity contribution in [2.24, 2.45) is 0 Å². The Morgan fingerprint density at radius 3 is 1.44 bits per heavy atom. The Hall–Kier alpha value is -1.06. The fourth-order valence-electron chi connectivity index (χ4n) is 2.99. The lowest BCUT2D eigenvalue weighted by molar-refractivity contribution is 0.225. The van der Waals surface area contributed by atoms with E-state index in [4.69, 9.17) is 23.2 Å². The van der Waals surface area contributed by atoms with E-state index in [0.29, 0.717) is 11.8 Å². The van der Waals surface area contributed by atoms with Crippen LogP contribution in [0, 0.1) is 0 Å². The molecule has 136 valence electrons. The van der Waals surface area contributed by atoms with Gasteiger partial charge in [-0.2, -0.15) is 0 Å². The van der Waals surface area contributed by atoms with Crippen molar-refractivity contribution >= 4 is 23.2 Å². The Kier molecular flexibility index (Phi) is 9.98. The van der Waals surface area contributed by atoms with Gasteiger partial charge in [0.2, 0.25) is 0 Å². The minimum Gasteiger partial charge on any atom is -0.301 e. The van der Waals surface area contributed by atoms with Crippen molar-refractivity contribution in [2.45, 2.75) is 19.5 Å². The van der Waals surface area contributed by atoms with Crippen LogP contribution in [0.3, 0.4) is 0 Å². The molecule has 0 radical (unpaired) electrons. The first-order valence-electron chi connectivity index (χ1n) is 8.96. The zero-order valence-corrected chi connectivity index (χ0v) is 16.3. The maximum Gasteiger partial charge on any atom is 0.0351 e. The molecule has 0 aromatic heterocycles. The second-order valence-electron chi connectivity index (χ2n) is 6.26. The van der Waals surface area contributed by atoms with E-state index in [0.717, 1.165) is 45.7 Å². The summed E-state index contributed by atoms with van der Waals surface area (Å²) in [5.74, 6) is 1.32. The average Bonchev–Trinajstić information content (AvgIpc) is 2.64. The first kappa shape index (κ1) is 20.3. The van der Waals surface area contributed by atoms with Gasteiger partial charge < -0.3 is 4.90 Å². The van der Waals surface area contributed by atoms with Gasteiger partial charge in [0.25, 0.3) is 0 Å². The first-order chi connectivity index (χ1) is 12.3. The molecule has 0 saturated heterocycles. The second-order valence-corrected chi connectivity index (χ2v) is 7.01. The molecule has 0 heterocycles. The fourth-order valence-corrected chi connectivity index (χ4v) is 3.47. The lowest BCUT2D eigenvalue weighted by atomic mass is 10.1. The molecule has 0 bridgehead atoms. The molecule has 2 aromatic rings. The second kappa shape index (κ2) is 12.3. The highest BCUT2D eigenvalue weighted by molar-refractivity contribution is 6.18. The molecule has 0 atom stereocenters. The summed E-state index contributed by atoms with van der Waals surface area (Å²) in [5, 5.41) is 0. The van der Waals surface area contributed by atoms with Crippen LogP contribution >= 0.6 is 23.2 Å². The molecule has 0 spiro atoms. The van der Waals surface area contributed by atoms with E-state index in [1.54, 1.807) is 0 Å². The predicted octanol–water partition coefficient (Wildman–Crippen LogP) is 4.86. The van der Waals surface area contributed by atoms with Gasteiger partial charge in [-0.15, -0.1) is 23.2 Å². The Bertz CT molecular complexity index is 515. The third-order valence-electron chi connectivity index (χ3n) is 4.25. The van der Waals surface area contributed by atoms with Crippen LogP contribution in [0.1, 0.15) is 17.5 Å². The number of alkyl halides is 2. The Labute approximate surface area is 162 Å². The summed E-state index contributed by atoms with van der Waals surface area (Å²) in [6, 6.07) is 21.4. The number of halogens is 2. The molecular weight excluding hydrogens is 351 g/mol. The maximum absolute atomic E-state index is 5.89. The number of nitrogens with zero attached hydrogens (tertiary/aromatic N) is 2. The highest BCUT2D eigenvalue weighted by Crippen LogP contribution is 2.11. The van der Waals surface area contributed by atoms with Crippen LogP contribution in [-0.2, 0) is 13.1 Å². The fraction of sp³-hybridized carbons (Fsp3) is 0.429. The largest absolute Gasteiger partial charge is 0.301 e. The monoisotopic (exact) mass is 378 g/mol. The highest BCUT2D eigenvalue weighted by Gasteiger charge is 2.09. The van der Waals surface area contributed by atoms with Crippen LogP contribution in [0.25, 0.3) is 0 Å². The summed E-state index contributed by atoms with van der Waals surface area (Å²) in [6.07, 6.45) is 1.12. The number of rotatable bonds is 12. The predicted molar refractivity (Wildman–Crippen MR) is 109 cm³/mol. The van der Waals surface area contributed by atoms with Crippen molar-refractivity contribution < 1.29 is 0 Å². The summed E-state index contributed by atoms with van der Waals surface area (Å²) in [5.41, 5.74) is 2.72. The van der Waals surface area contributed by atoms with Gasteiger partial charge in [-0.3, -0.25) is 4.90 Å². The average molecular weight is 379 g/mol. The third-order valence-corrected chi connectivity index (χ3v) is 4.59. The highest BCUT2D eigenvalue weighted by atomic mass is 35.5. The van der Waals surface area contributed by atoms with Crippen molar-refractivity contribution in [3.05, 3.63) is 71.8 Å². The normalized spacial score (nSPS) is 11.4. The van der Waals surface area contributed by atoms with E-state index >= 15 is 0 Å². The lowest BCUT2D eigenvalue weighted by Gasteiger charge is -2.25. The van der Waals surface area contributed by atoms with Gasteiger partial charge in [0.1, 0.15) is 0 Å². The molecule has 25 heavy (non-hydrogen) atoms. The van der Waals surface area contributed by atoms with E-state index in [1.807, 2.05) is 0 Å². The van der Waals surface area contributed by atoms with Crippen LogP contribution in [0.5, 0.6) is 0 Å². The molecule has 0 amide bonds. The van der Waals surface area contributed by atoms with E-state index in [9.17, 15) is 0 Å². The van der Waals surface area contributed by atoms with E-state index in [1.165, 1.54) is 11.1 Å². The number of hydrogen-bond donors (Lipinski definition) is 0. The molecule has 2 nitrogen and oxygen atoms in total. The number of hydrogen-bond acceptors (Lipinski definition) is 2. The third kappa shape index (κ3) is 8.24. The van der Waals surface area contributed by atoms with Crippen LogP contribution in [0.15, 0.2) is 60.7 Å². The zero-order chi connectivity index (χ0) is 17.7. The standard InChI is InChI=1S/C21H28Cl2N2/c22-12-16-24(17-13-23)14-7-15-25(18-20-8-3-1-4-9-20)19-21-10-5-2-6-11-21/h1-6,8-11H,7,12-19H2. The Balaban J connectivity index is 1.91. The van der Waals surface area contributed by atoms with Crippen molar-refractivity contribution in [3.8, 4) is 0 Å². The molecule has 0 N–H and O–H groups in total. The molecule has 4 heteroatoms. The summed E-state index contributed by atoms with van der Waals surface area (Å²) < 4.78 is 0. The Morgan fingerprint density at radius 1 is 0.560 bits per heavy atom. The maximum atomic E-state index is 5.89. The van der Waals surface area contributed by atoms with Gasteiger partial charge >= 0.3 is 0 Å². The van der Waals surface area contributed by atoms with Crippen molar-refractivity contribution in [1.82, 2.24) is 9.80 Å². The molecule has 2 rings (SSSR count). The van der Waals surface area contributed by atoms with E-state index in [-0.39, 0.29) is 0 Å². The molecule has 0 saturated carbocycles. The van der Waals surface area contributed by atoms with Crippen LogP contribution in [0.4, 0.5) is 0 Å². The smallest absolute Gasteiger partial charge is 0.0351 e. The molecular formula is C21H28Cl2N2. The molecule has 0 unspecified atom stereocenters. The minimum atomic E-state index is 0.661. The van der Waals surface area contributed by atoms with Crippen molar-refractivity contribution in [1.29, 1.82) is 0 Å². The summed E-state index contributed by atoms with van der Waals surface area (Å²) in [4.78, 5) is 4.87. The van der Waals surface area contributed by atoms with Gasteiger partial charge in [0.15, 0.2) is 0 Å². The number of benzene rings is 2. The van der Waals surface area contributed by atoms with Crippen LogP contribution in [-0.4, -0.2) is 47.7 Å². The summed E-state index contributed by atoms with van der Waals surface area (Å²) in [7, 11) is 0. The summed E-state index contributed by atoms with van der Waals surface area (Å²) >= 11 is 11.8. The topological polar surface area (TPSA) is 6.48 Å². The molecule has 0 aliphatic rings. The van der Waals surface area contributed by atoms with Crippen molar-refractivity contribution in [3.63, 3.8) is 0 Å².